The average Bonchev–Trinajstić information content (AvgIpc) is 2.66. The molecule has 5 nitrogen and oxygen atoms in total. The monoisotopic (exact) mass is 377 g/mol. The van der Waals surface area contributed by atoms with Crippen LogP contribution in [0.2, 0.25) is 0 Å². The van der Waals surface area contributed by atoms with Crippen LogP contribution < -0.4 is 16.2 Å². The van der Waals surface area contributed by atoms with E-state index in [9.17, 15) is 0 Å². The highest BCUT2D eigenvalue weighted by molar-refractivity contribution is 8.01. The number of rotatable bonds is 7. The molecule has 0 aliphatic carbocycles. The van der Waals surface area contributed by atoms with Gasteiger partial charge in [0.1, 0.15) is 0 Å². The lowest BCUT2D eigenvalue weighted by molar-refractivity contribution is 1.31. The standard InChI is InChI=1S/C16H23N5S.2C2H6/c1-5-9-12-14(11-7-3)22-21-16(18)20-15(17)19-13(8-4)10-6-2;2*1-2/h5-12H,2,4H2,1,3H3,(H5,17,18,19,20,21);2*1-2H3/b9-5-,11-7-,13-10+,14-12+;;. The third-order valence-corrected chi connectivity index (χ3v) is 2.85. The van der Waals surface area contributed by atoms with E-state index in [4.69, 9.17) is 11.5 Å². The fourth-order valence-electron chi connectivity index (χ4n) is 1.17. The van der Waals surface area contributed by atoms with Crippen molar-refractivity contribution in [3.8, 4) is 0 Å². The highest BCUT2D eigenvalue weighted by atomic mass is 32.2. The van der Waals surface area contributed by atoms with Crippen LogP contribution in [0.3, 0.4) is 0 Å². The molecule has 0 bridgehead atoms. The second kappa shape index (κ2) is 22.5. The molecule has 0 saturated carbocycles. The number of hydrogen-bond donors (Lipinski definition) is 3. The molecule has 0 heterocycles. The summed E-state index contributed by atoms with van der Waals surface area (Å²) in [6.45, 7) is 19.1. The number of aliphatic imine (C=N–C) groups is 2. The molecule has 0 fully saturated rings. The van der Waals surface area contributed by atoms with Crippen molar-refractivity contribution in [2.45, 2.75) is 41.5 Å². The Morgan fingerprint density at radius 3 is 2.04 bits per heavy atom. The van der Waals surface area contributed by atoms with Crippen LogP contribution in [0.15, 0.2) is 82.4 Å². The zero-order valence-corrected chi connectivity index (χ0v) is 17.8. The van der Waals surface area contributed by atoms with Crippen molar-refractivity contribution >= 4 is 23.9 Å². The highest BCUT2D eigenvalue weighted by Crippen LogP contribution is 2.13. The van der Waals surface area contributed by atoms with Gasteiger partial charge < -0.3 is 11.5 Å². The minimum absolute atomic E-state index is 0.0311. The van der Waals surface area contributed by atoms with Crippen molar-refractivity contribution in [1.29, 1.82) is 0 Å². The summed E-state index contributed by atoms with van der Waals surface area (Å²) >= 11 is 1.33. The van der Waals surface area contributed by atoms with Gasteiger partial charge in [-0.05, 0) is 44.0 Å². The van der Waals surface area contributed by atoms with Crippen molar-refractivity contribution in [1.82, 2.24) is 4.72 Å². The largest absolute Gasteiger partial charge is 0.369 e. The van der Waals surface area contributed by atoms with Crippen LogP contribution in [0.5, 0.6) is 0 Å². The molecule has 0 rings (SSSR count). The van der Waals surface area contributed by atoms with Crippen molar-refractivity contribution < 1.29 is 0 Å². The molecule has 146 valence electrons. The first-order valence-corrected chi connectivity index (χ1v) is 9.41. The minimum Gasteiger partial charge on any atom is -0.369 e. The first-order valence-electron chi connectivity index (χ1n) is 8.59. The van der Waals surface area contributed by atoms with E-state index in [1.807, 2.05) is 71.9 Å². The Labute approximate surface area is 164 Å². The Bertz CT molecular complexity index is 553. The van der Waals surface area contributed by atoms with Gasteiger partial charge in [-0.1, -0.05) is 71.2 Å². The first-order chi connectivity index (χ1) is 12.6. The minimum atomic E-state index is 0.0311. The number of allylic oxidation sites excluding steroid dienone is 8. The molecule has 0 saturated heterocycles. The van der Waals surface area contributed by atoms with E-state index in [-0.39, 0.29) is 11.9 Å². The Morgan fingerprint density at radius 2 is 1.58 bits per heavy atom. The Hall–Kier alpha value is -2.47. The summed E-state index contributed by atoms with van der Waals surface area (Å²) in [5.41, 5.74) is 12.0. The van der Waals surface area contributed by atoms with Gasteiger partial charge in [-0.2, -0.15) is 4.99 Å². The molecule has 26 heavy (non-hydrogen) atoms. The number of guanidine groups is 2. The quantitative estimate of drug-likeness (QED) is 0.246. The number of hydrogen-bond acceptors (Lipinski definition) is 2. The van der Waals surface area contributed by atoms with E-state index in [1.165, 1.54) is 11.9 Å². The summed E-state index contributed by atoms with van der Waals surface area (Å²) in [6, 6.07) is 0. The maximum atomic E-state index is 5.76. The highest BCUT2D eigenvalue weighted by Gasteiger charge is 1.97. The second-order valence-electron chi connectivity index (χ2n) is 3.80. The molecule has 0 aliphatic heterocycles. The van der Waals surface area contributed by atoms with Crippen molar-refractivity contribution in [3.05, 3.63) is 72.4 Å². The molecule has 0 amide bonds. The van der Waals surface area contributed by atoms with Crippen molar-refractivity contribution in [2.75, 3.05) is 0 Å². The topological polar surface area (TPSA) is 88.8 Å². The summed E-state index contributed by atoms with van der Waals surface area (Å²) in [5.74, 6) is 0.188. The normalized spacial score (nSPS) is 12.8. The van der Waals surface area contributed by atoms with Gasteiger partial charge in [-0.25, -0.2) is 4.99 Å². The van der Waals surface area contributed by atoms with Crippen LogP contribution in [0.25, 0.3) is 0 Å². The van der Waals surface area contributed by atoms with E-state index in [0.717, 1.165) is 4.91 Å². The molecule has 0 aromatic heterocycles. The number of nitrogens with one attached hydrogen (secondary N) is 1. The third kappa shape index (κ3) is 17.9. The Balaban J connectivity index is -0.00000123. The lowest BCUT2D eigenvalue weighted by Gasteiger charge is -2.04. The van der Waals surface area contributed by atoms with Crippen LogP contribution in [-0.2, 0) is 0 Å². The summed E-state index contributed by atoms with van der Waals surface area (Å²) in [5, 5.41) is 0. The van der Waals surface area contributed by atoms with Gasteiger partial charge in [0.25, 0.3) is 0 Å². The molecule has 0 radical (unpaired) electrons. The fourth-order valence-corrected chi connectivity index (χ4v) is 1.78. The molecular formula is C20H35N5S. The first kappa shape index (κ1) is 28.3. The van der Waals surface area contributed by atoms with Gasteiger partial charge in [0.05, 0.1) is 5.70 Å². The summed E-state index contributed by atoms with van der Waals surface area (Å²) < 4.78 is 2.90. The van der Waals surface area contributed by atoms with Crippen molar-refractivity contribution in [3.63, 3.8) is 0 Å². The summed E-state index contributed by atoms with van der Waals surface area (Å²) in [7, 11) is 0. The molecule has 0 spiro atoms. The van der Waals surface area contributed by atoms with E-state index >= 15 is 0 Å². The van der Waals surface area contributed by atoms with Gasteiger partial charge in [-0.3, -0.25) is 4.72 Å². The molecule has 0 aliphatic rings. The molecule has 5 N–H and O–H groups in total. The van der Waals surface area contributed by atoms with Gasteiger partial charge in [0, 0.05) is 4.91 Å². The van der Waals surface area contributed by atoms with Crippen LogP contribution in [-0.4, -0.2) is 11.9 Å². The molecule has 0 aromatic rings. The summed E-state index contributed by atoms with van der Waals surface area (Å²) in [6.07, 6.45) is 14.5. The predicted octanol–water partition coefficient (Wildman–Crippen LogP) is 5.20. The van der Waals surface area contributed by atoms with Crippen LogP contribution in [0, 0.1) is 0 Å². The van der Waals surface area contributed by atoms with Crippen molar-refractivity contribution in [2.24, 2.45) is 21.5 Å². The fraction of sp³-hybridized carbons (Fsp3) is 0.300. The lowest BCUT2D eigenvalue weighted by Crippen LogP contribution is -2.29. The maximum Gasteiger partial charge on any atom is 0.223 e. The predicted molar refractivity (Wildman–Crippen MR) is 123 cm³/mol. The van der Waals surface area contributed by atoms with Gasteiger partial charge >= 0.3 is 0 Å². The number of nitrogens with zero attached hydrogens (tertiary/aromatic N) is 2. The summed E-state index contributed by atoms with van der Waals surface area (Å²) in [4.78, 5) is 8.98. The van der Waals surface area contributed by atoms with E-state index in [1.54, 1.807) is 18.2 Å². The van der Waals surface area contributed by atoms with Gasteiger partial charge in [0.15, 0.2) is 0 Å². The molecular weight excluding hydrogens is 342 g/mol. The zero-order valence-electron chi connectivity index (χ0n) is 17.0. The smallest absolute Gasteiger partial charge is 0.223 e. The van der Waals surface area contributed by atoms with E-state index in [2.05, 4.69) is 27.9 Å². The lowest BCUT2D eigenvalue weighted by atomic mass is 10.4. The van der Waals surface area contributed by atoms with E-state index < -0.39 is 0 Å². The Kier molecular flexibility index (Phi) is 24.6. The molecule has 0 aromatic carbocycles. The second-order valence-corrected chi connectivity index (χ2v) is 4.68. The molecule has 6 heteroatoms. The average molecular weight is 378 g/mol. The van der Waals surface area contributed by atoms with Crippen LogP contribution in [0.1, 0.15) is 41.5 Å². The SMILES string of the molecule is C=C/C=C(C=C)/N=C(N)\N=C(\N)NSC(/C=C\C)=C/C=C\C.CC.CC. The molecule has 0 atom stereocenters. The van der Waals surface area contributed by atoms with Crippen LogP contribution in [0.4, 0.5) is 0 Å². The van der Waals surface area contributed by atoms with E-state index in [0.29, 0.717) is 5.70 Å². The van der Waals surface area contributed by atoms with Crippen LogP contribution >= 0.6 is 11.9 Å². The Morgan fingerprint density at radius 1 is 0.962 bits per heavy atom. The molecule has 0 unspecified atom stereocenters. The maximum absolute atomic E-state index is 5.76. The third-order valence-electron chi connectivity index (χ3n) is 2.03. The van der Waals surface area contributed by atoms with Gasteiger partial charge in [0.2, 0.25) is 11.9 Å². The van der Waals surface area contributed by atoms with Gasteiger partial charge in [-0.15, -0.1) is 0 Å². The number of nitrogens with two attached hydrogens (primary N) is 2. The zero-order chi connectivity index (χ0) is 20.8.